The van der Waals surface area contributed by atoms with Gasteiger partial charge in [0.2, 0.25) is 10.0 Å². The maximum absolute atomic E-state index is 12.7. The molecule has 3 rings (SSSR count). The number of benzene rings is 1. The number of hydrogen-bond acceptors (Lipinski definition) is 4. The molecular formula is C18H24ClN3O4S. The van der Waals surface area contributed by atoms with Crippen LogP contribution in [0.3, 0.4) is 0 Å². The lowest BCUT2D eigenvalue weighted by Crippen LogP contribution is -2.40. The molecule has 9 heteroatoms. The van der Waals surface area contributed by atoms with Crippen molar-refractivity contribution in [1.29, 1.82) is 0 Å². The molecule has 1 aliphatic heterocycles. The van der Waals surface area contributed by atoms with Crippen molar-refractivity contribution in [3.05, 3.63) is 35.5 Å². The Morgan fingerprint density at radius 2 is 1.93 bits per heavy atom. The zero-order valence-electron chi connectivity index (χ0n) is 15.0. The minimum absolute atomic E-state index is 0.0885. The normalized spacial score (nSPS) is 19.4. The van der Waals surface area contributed by atoms with E-state index in [1.165, 1.54) is 35.3 Å². The van der Waals surface area contributed by atoms with Crippen LogP contribution in [0.1, 0.15) is 25.7 Å². The molecule has 7 nitrogen and oxygen atoms in total. The first-order valence-corrected chi connectivity index (χ1v) is 10.9. The van der Waals surface area contributed by atoms with Crippen LogP contribution >= 0.6 is 11.6 Å². The van der Waals surface area contributed by atoms with E-state index in [1.54, 1.807) is 6.20 Å². The highest BCUT2D eigenvalue weighted by atomic mass is 35.5. The fourth-order valence-corrected chi connectivity index (χ4v) is 4.86. The second-order valence-electron chi connectivity index (χ2n) is 6.66. The van der Waals surface area contributed by atoms with Gasteiger partial charge in [-0.3, -0.25) is 0 Å². The number of allylic oxidation sites excluding steroid dienone is 1. The molecule has 0 unspecified atom stereocenters. The molecule has 1 aliphatic carbocycles. The van der Waals surface area contributed by atoms with Crippen molar-refractivity contribution in [1.82, 2.24) is 9.62 Å². The molecule has 2 amide bonds. The molecule has 0 spiro atoms. The van der Waals surface area contributed by atoms with Crippen LogP contribution in [-0.2, 0) is 14.8 Å². The number of nitrogens with zero attached hydrogens (tertiary/aromatic N) is 1. The van der Waals surface area contributed by atoms with Crippen LogP contribution in [0.15, 0.2) is 35.4 Å². The number of nitrogens with one attached hydrogen (secondary N) is 2. The van der Waals surface area contributed by atoms with Gasteiger partial charge in [0.1, 0.15) is 0 Å². The molecule has 0 radical (unpaired) electrons. The SMILES string of the molecule is O=C(N/C=C/C1CCCC1)Nc1cc(S(=O)(=O)N2CCOCC2)ccc1Cl. The van der Waals surface area contributed by atoms with Gasteiger partial charge in [-0.1, -0.05) is 30.5 Å². The number of rotatable bonds is 5. The van der Waals surface area contributed by atoms with E-state index in [0.29, 0.717) is 32.2 Å². The molecule has 2 fully saturated rings. The lowest BCUT2D eigenvalue weighted by atomic mass is 10.1. The maximum atomic E-state index is 12.7. The lowest BCUT2D eigenvalue weighted by Gasteiger charge is -2.26. The Balaban J connectivity index is 1.66. The van der Waals surface area contributed by atoms with Gasteiger partial charge in [0.25, 0.3) is 0 Å². The minimum Gasteiger partial charge on any atom is -0.379 e. The number of urea groups is 1. The van der Waals surface area contributed by atoms with Crippen LogP contribution in [0, 0.1) is 5.92 Å². The van der Waals surface area contributed by atoms with Crippen LogP contribution in [0.25, 0.3) is 0 Å². The van der Waals surface area contributed by atoms with Crippen LogP contribution in [0.4, 0.5) is 10.5 Å². The molecule has 1 saturated carbocycles. The van der Waals surface area contributed by atoms with E-state index < -0.39 is 16.1 Å². The summed E-state index contributed by atoms with van der Waals surface area (Å²) in [6.45, 7) is 1.35. The monoisotopic (exact) mass is 413 g/mol. The van der Waals surface area contributed by atoms with Crippen molar-refractivity contribution in [2.75, 3.05) is 31.6 Å². The summed E-state index contributed by atoms with van der Waals surface area (Å²) in [5, 5.41) is 5.52. The Bertz CT molecular complexity index is 801. The van der Waals surface area contributed by atoms with E-state index in [9.17, 15) is 13.2 Å². The van der Waals surface area contributed by atoms with Gasteiger partial charge >= 0.3 is 6.03 Å². The van der Waals surface area contributed by atoms with Crippen LogP contribution in [0.5, 0.6) is 0 Å². The maximum Gasteiger partial charge on any atom is 0.323 e. The average Bonchev–Trinajstić information content (AvgIpc) is 3.17. The van der Waals surface area contributed by atoms with E-state index >= 15 is 0 Å². The summed E-state index contributed by atoms with van der Waals surface area (Å²) in [6.07, 6.45) is 8.36. The van der Waals surface area contributed by atoms with Gasteiger partial charge in [-0.15, -0.1) is 0 Å². The number of carbonyl (C=O) groups excluding carboxylic acids is 1. The summed E-state index contributed by atoms with van der Waals surface area (Å²) in [5.74, 6) is 0.510. The summed E-state index contributed by atoms with van der Waals surface area (Å²) in [4.78, 5) is 12.2. The van der Waals surface area contributed by atoms with Gasteiger partial charge in [-0.25, -0.2) is 13.2 Å². The van der Waals surface area contributed by atoms with E-state index in [2.05, 4.69) is 10.6 Å². The summed E-state index contributed by atoms with van der Waals surface area (Å²) in [5.41, 5.74) is 0.248. The van der Waals surface area contributed by atoms with Crippen molar-refractivity contribution in [3.8, 4) is 0 Å². The zero-order valence-corrected chi connectivity index (χ0v) is 16.6. The lowest BCUT2D eigenvalue weighted by molar-refractivity contribution is 0.0730. The molecule has 0 bridgehead atoms. The predicted octanol–water partition coefficient (Wildman–Crippen LogP) is 3.19. The predicted molar refractivity (Wildman–Crippen MR) is 104 cm³/mol. The quantitative estimate of drug-likeness (QED) is 0.775. The molecular weight excluding hydrogens is 390 g/mol. The van der Waals surface area contributed by atoms with Crippen molar-refractivity contribution in [2.45, 2.75) is 30.6 Å². The Kier molecular flexibility index (Phi) is 6.75. The standard InChI is InChI=1S/C18H24ClN3O4S/c19-16-6-5-15(27(24,25)22-9-11-26-12-10-22)13-17(16)21-18(23)20-8-7-14-3-1-2-4-14/h5-8,13-14H,1-4,9-12H2,(H2,20,21,23)/b8-7+. The molecule has 2 aliphatic rings. The average molecular weight is 414 g/mol. The number of anilines is 1. The molecule has 1 saturated heterocycles. The number of sulfonamides is 1. The largest absolute Gasteiger partial charge is 0.379 e. The number of ether oxygens (including phenoxy) is 1. The number of amides is 2. The van der Waals surface area contributed by atoms with Crippen LogP contribution in [-0.4, -0.2) is 45.1 Å². The van der Waals surface area contributed by atoms with Crippen LogP contribution in [0.2, 0.25) is 5.02 Å². The first-order valence-electron chi connectivity index (χ1n) is 9.08. The smallest absolute Gasteiger partial charge is 0.323 e. The van der Waals surface area contributed by atoms with E-state index in [1.807, 2.05) is 6.08 Å². The Morgan fingerprint density at radius 1 is 1.22 bits per heavy atom. The zero-order chi connectivity index (χ0) is 19.3. The number of morpholine rings is 1. The molecule has 27 heavy (non-hydrogen) atoms. The summed E-state index contributed by atoms with van der Waals surface area (Å²) in [7, 11) is -3.66. The second kappa shape index (κ2) is 9.05. The molecule has 0 aromatic heterocycles. The van der Waals surface area contributed by atoms with Gasteiger partial charge in [-0.05, 0) is 37.0 Å². The highest BCUT2D eigenvalue weighted by Gasteiger charge is 2.27. The summed E-state index contributed by atoms with van der Waals surface area (Å²) < 4.78 is 32.1. The van der Waals surface area contributed by atoms with Gasteiger partial charge in [0.05, 0.1) is 28.8 Å². The highest BCUT2D eigenvalue weighted by Crippen LogP contribution is 2.27. The Hall–Kier alpha value is -1.61. The van der Waals surface area contributed by atoms with E-state index in [4.69, 9.17) is 16.3 Å². The highest BCUT2D eigenvalue weighted by molar-refractivity contribution is 7.89. The molecule has 2 N–H and O–H groups in total. The fraction of sp³-hybridized carbons (Fsp3) is 0.500. The summed E-state index contributed by atoms with van der Waals surface area (Å²) >= 11 is 6.12. The van der Waals surface area contributed by atoms with Crippen molar-refractivity contribution < 1.29 is 17.9 Å². The van der Waals surface area contributed by atoms with E-state index in [-0.39, 0.29) is 15.6 Å². The molecule has 1 aromatic rings. The first kappa shape index (κ1) is 20.1. The molecule has 148 valence electrons. The third kappa shape index (κ3) is 5.22. The molecule has 1 aromatic carbocycles. The Morgan fingerprint density at radius 3 is 2.63 bits per heavy atom. The van der Waals surface area contributed by atoms with Gasteiger partial charge in [0.15, 0.2) is 0 Å². The first-order chi connectivity index (χ1) is 13.0. The number of halogens is 1. The van der Waals surface area contributed by atoms with Gasteiger partial charge < -0.3 is 15.4 Å². The third-order valence-electron chi connectivity index (χ3n) is 4.78. The van der Waals surface area contributed by atoms with Crippen LogP contribution < -0.4 is 10.6 Å². The van der Waals surface area contributed by atoms with Crippen molar-refractivity contribution >= 4 is 33.3 Å². The topological polar surface area (TPSA) is 87.7 Å². The molecule has 0 atom stereocenters. The number of carbonyl (C=O) groups is 1. The molecule has 1 heterocycles. The van der Waals surface area contributed by atoms with Crippen molar-refractivity contribution in [2.24, 2.45) is 5.92 Å². The van der Waals surface area contributed by atoms with Gasteiger partial charge in [-0.2, -0.15) is 4.31 Å². The fourth-order valence-electron chi connectivity index (χ4n) is 3.26. The van der Waals surface area contributed by atoms with Crippen molar-refractivity contribution in [3.63, 3.8) is 0 Å². The Labute approximate surface area is 164 Å². The third-order valence-corrected chi connectivity index (χ3v) is 7.00. The van der Waals surface area contributed by atoms with E-state index in [0.717, 1.165) is 12.8 Å². The van der Waals surface area contributed by atoms with Gasteiger partial charge in [0, 0.05) is 19.3 Å². The minimum atomic E-state index is -3.66. The second-order valence-corrected chi connectivity index (χ2v) is 9.01. The summed E-state index contributed by atoms with van der Waals surface area (Å²) in [6, 6.07) is 3.83. The number of hydrogen-bond donors (Lipinski definition) is 2.